The van der Waals surface area contributed by atoms with E-state index in [9.17, 15) is 4.79 Å². The third kappa shape index (κ3) is 3.23. The van der Waals surface area contributed by atoms with Crippen molar-refractivity contribution in [2.24, 2.45) is 5.92 Å². The molecule has 156 valence electrons. The van der Waals surface area contributed by atoms with Crippen LogP contribution in [0.4, 0.5) is 10.5 Å². The van der Waals surface area contributed by atoms with Crippen LogP contribution in [0.25, 0.3) is 5.69 Å². The maximum Gasteiger partial charge on any atom is 0.322 e. The standard InChI is InChI=1S/C20H22ClN7O2/c1-12-7-15-10-20(9-12,11-18-26-25-13(2)30-18)27(15)19(29)24-14-3-4-16(21)17(8-14)28-22-5-6-23-28/h3-6,8,12,15H,7,9-11H2,1-2H3,(H,24,29). The average Bonchev–Trinajstić information content (AvgIpc) is 3.34. The molecule has 2 bridgehead atoms. The van der Waals surface area contributed by atoms with E-state index >= 15 is 0 Å². The third-order valence-corrected chi connectivity index (χ3v) is 6.31. The first-order valence-electron chi connectivity index (χ1n) is 9.99. The SMILES string of the molecule is Cc1nnc(CC23CC(C)CC(C2)N3C(=O)Nc2ccc(Cl)c(-n3nccn3)c2)o1. The van der Waals surface area contributed by atoms with E-state index in [0.717, 1.165) is 19.3 Å². The van der Waals surface area contributed by atoms with Gasteiger partial charge in [-0.2, -0.15) is 15.0 Å². The lowest BCUT2D eigenvalue weighted by atomic mass is 9.63. The van der Waals surface area contributed by atoms with Crippen LogP contribution in [-0.2, 0) is 6.42 Å². The lowest BCUT2D eigenvalue weighted by molar-refractivity contribution is -0.0918. The Kier molecular flexibility index (Phi) is 4.50. The summed E-state index contributed by atoms with van der Waals surface area (Å²) < 4.78 is 5.62. The Balaban J connectivity index is 1.38. The van der Waals surface area contributed by atoms with Crippen LogP contribution < -0.4 is 5.32 Å². The fourth-order valence-corrected chi connectivity index (χ4v) is 5.23. The highest BCUT2D eigenvalue weighted by atomic mass is 35.5. The zero-order valence-corrected chi connectivity index (χ0v) is 17.5. The summed E-state index contributed by atoms with van der Waals surface area (Å²) in [5, 5.41) is 19.9. The van der Waals surface area contributed by atoms with Crippen LogP contribution in [0.2, 0.25) is 5.02 Å². The Morgan fingerprint density at radius 1 is 1.30 bits per heavy atom. The lowest BCUT2D eigenvalue weighted by Crippen LogP contribution is -2.73. The van der Waals surface area contributed by atoms with Gasteiger partial charge in [-0.1, -0.05) is 18.5 Å². The number of aromatic nitrogens is 5. The Morgan fingerprint density at radius 2 is 2.10 bits per heavy atom. The first-order valence-corrected chi connectivity index (χ1v) is 10.4. The molecule has 0 spiro atoms. The second kappa shape index (κ2) is 7.09. The molecule has 1 saturated heterocycles. The van der Waals surface area contributed by atoms with E-state index in [1.807, 2.05) is 4.90 Å². The molecule has 2 aromatic heterocycles. The molecule has 1 aliphatic heterocycles. The molecule has 5 rings (SSSR count). The number of carbonyl (C=O) groups excluding carboxylic acids is 1. The molecule has 3 heterocycles. The van der Waals surface area contributed by atoms with Gasteiger partial charge in [0, 0.05) is 25.1 Å². The van der Waals surface area contributed by atoms with Crippen molar-refractivity contribution in [3.8, 4) is 5.69 Å². The first-order chi connectivity index (χ1) is 14.4. The lowest BCUT2D eigenvalue weighted by Gasteiger charge is -2.63. The van der Waals surface area contributed by atoms with Gasteiger partial charge in [-0.25, -0.2) is 4.79 Å². The van der Waals surface area contributed by atoms with E-state index in [4.69, 9.17) is 16.0 Å². The zero-order valence-electron chi connectivity index (χ0n) is 16.7. The van der Waals surface area contributed by atoms with E-state index < -0.39 is 0 Å². The Morgan fingerprint density at radius 3 is 2.83 bits per heavy atom. The summed E-state index contributed by atoms with van der Waals surface area (Å²) in [5.74, 6) is 1.67. The predicted molar refractivity (Wildman–Crippen MR) is 109 cm³/mol. The number of aryl methyl sites for hydroxylation is 1. The number of anilines is 1. The molecule has 3 aromatic rings. The topological polar surface area (TPSA) is 102 Å². The number of nitrogens with one attached hydrogen (secondary N) is 1. The van der Waals surface area contributed by atoms with Crippen LogP contribution in [-0.4, -0.2) is 47.7 Å². The number of amides is 2. The van der Waals surface area contributed by atoms with Crippen molar-refractivity contribution in [2.75, 3.05) is 5.32 Å². The Labute approximate surface area is 178 Å². The molecule has 30 heavy (non-hydrogen) atoms. The van der Waals surface area contributed by atoms with Crippen molar-refractivity contribution >= 4 is 23.3 Å². The molecule has 3 unspecified atom stereocenters. The number of benzene rings is 1. The number of hydrogen-bond donors (Lipinski definition) is 1. The molecule has 1 aliphatic carbocycles. The van der Waals surface area contributed by atoms with Crippen molar-refractivity contribution in [2.45, 2.75) is 51.1 Å². The summed E-state index contributed by atoms with van der Waals surface area (Å²) in [6, 6.07) is 5.37. The number of hydrogen-bond acceptors (Lipinski definition) is 6. The summed E-state index contributed by atoms with van der Waals surface area (Å²) in [5.41, 5.74) is 0.955. The number of rotatable bonds is 4. The number of fused-ring (bicyclic) bond motifs is 2. The van der Waals surface area contributed by atoms with E-state index in [1.165, 1.54) is 4.80 Å². The summed E-state index contributed by atoms with van der Waals surface area (Å²) in [6.45, 7) is 4.01. The minimum atomic E-state index is -0.288. The average molecular weight is 428 g/mol. The normalized spacial score (nSPS) is 25.1. The maximum absolute atomic E-state index is 13.3. The highest BCUT2D eigenvalue weighted by molar-refractivity contribution is 6.32. The number of piperidine rings is 1. The van der Waals surface area contributed by atoms with Crippen LogP contribution in [0, 0.1) is 12.8 Å². The van der Waals surface area contributed by atoms with Crippen molar-refractivity contribution in [3.05, 3.63) is 47.4 Å². The van der Waals surface area contributed by atoms with Crippen LogP contribution >= 0.6 is 11.6 Å². The van der Waals surface area contributed by atoms with Crippen LogP contribution in [0.1, 0.15) is 38.0 Å². The van der Waals surface area contributed by atoms with Crippen molar-refractivity contribution < 1.29 is 9.21 Å². The Bertz CT molecular complexity index is 1080. The highest BCUT2D eigenvalue weighted by Crippen LogP contribution is 2.51. The van der Waals surface area contributed by atoms with Gasteiger partial charge in [-0.15, -0.1) is 10.2 Å². The van der Waals surface area contributed by atoms with Gasteiger partial charge in [0.15, 0.2) is 0 Å². The number of likely N-dealkylation sites (tertiary alicyclic amines) is 1. The minimum absolute atomic E-state index is 0.129. The largest absolute Gasteiger partial charge is 0.426 e. The van der Waals surface area contributed by atoms with Gasteiger partial charge in [-0.05, 0) is 43.4 Å². The molecular weight excluding hydrogens is 406 g/mol. The Hall–Kier alpha value is -2.94. The summed E-state index contributed by atoms with van der Waals surface area (Å²) in [7, 11) is 0. The number of carbonyl (C=O) groups is 1. The van der Waals surface area contributed by atoms with E-state index in [-0.39, 0.29) is 17.6 Å². The van der Waals surface area contributed by atoms with Gasteiger partial charge in [-0.3, -0.25) is 0 Å². The monoisotopic (exact) mass is 427 g/mol. The molecule has 1 saturated carbocycles. The van der Waals surface area contributed by atoms with E-state index in [1.54, 1.807) is 37.5 Å². The second-order valence-electron chi connectivity index (χ2n) is 8.30. The summed E-state index contributed by atoms with van der Waals surface area (Å²) in [6.07, 6.45) is 6.60. The fourth-order valence-electron chi connectivity index (χ4n) is 5.04. The first kappa shape index (κ1) is 19.0. The molecular formula is C20H22ClN7O2. The molecule has 1 N–H and O–H groups in total. The summed E-state index contributed by atoms with van der Waals surface area (Å²) >= 11 is 6.29. The second-order valence-corrected chi connectivity index (χ2v) is 8.71. The number of nitrogens with zero attached hydrogens (tertiary/aromatic N) is 6. The van der Waals surface area contributed by atoms with Gasteiger partial charge in [0.1, 0.15) is 5.69 Å². The molecule has 2 fully saturated rings. The van der Waals surface area contributed by atoms with Crippen LogP contribution in [0.3, 0.4) is 0 Å². The third-order valence-electron chi connectivity index (χ3n) is 5.99. The summed E-state index contributed by atoms with van der Waals surface area (Å²) in [4.78, 5) is 16.7. The van der Waals surface area contributed by atoms with Gasteiger partial charge in [0.25, 0.3) is 0 Å². The molecule has 2 amide bonds. The molecule has 0 radical (unpaired) electrons. The molecule has 3 atom stereocenters. The fraction of sp³-hybridized carbons (Fsp3) is 0.450. The van der Waals surface area contributed by atoms with E-state index in [0.29, 0.717) is 40.5 Å². The van der Waals surface area contributed by atoms with Crippen molar-refractivity contribution in [1.29, 1.82) is 0 Å². The van der Waals surface area contributed by atoms with Gasteiger partial charge in [0.05, 0.1) is 23.0 Å². The smallest absolute Gasteiger partial charge is 0.322 e. The maximum atomic E-state index is 13.3. The van der Waals surface area contributed by atoms with Crippen LogP contribution in [0.15, 0.2) is 35.0 Å². The number of halogens is 1. The van der Waals surface area contributed by atoms with E-state index in [2.05, 4.69) is 32.6 Å². The molecule has 2 aliphatic rings. The van der Waals surface area contributed by atoms with Crippen molar-refractivity contribution in [1.82, 2.24) is 30.1 Å². The molecule has 9 nitrogen and oxygen atoms in total. The molecule has 1 aromatic carbocycles. The van der Waals surface area contributed by atoms with Crippen LogP contribution in [0.5, 0.6) is 0 Å². The minimum Gasteiger partial charge on any atom is -0.426 e. The van der Waals surface area contributed by atoms with Crippen molar-refractivity contribution in [3.63, 3.8) is 0 Å². The quantitative estimate of drug-likeness (QED) is 0.682. The predicted octanol–water partition coefficient (Wildman–Crippen LogP) is 3.63. The molecule has 10 heteroatoms. The highest BCUT2D eigenvalue weighted by Gasteiger charge is 2.58. The van der Waals surface area contributed by atoms with Gasteiger partial charge < -0.3 is 14.6 Å². The van der Waals surface area contributed by atoms with Gasteiger partial charge in [0.2, 0.25) is 11.8 Å². The van der Waals surface area contributed by atoms with Gasteiger partial charge >= 0.3 is 6.03 Å². The number of urea groups is 1. The zero-order chi connectivity index (χ0) is 20.9.